The number of halogens is 5. The van der Waals surface area contributed by atoms with Crippen LogP contribution in [0.3, 0.4) is 0 Å². The van der Waals surface area contributed by atoms with E-state index in [0.29, 0.717) is 11.3 Å². The molecular formula is C15H9ClF4N4. The molecule has 124 valence electrons. The van der Waals surface area contributed by atoms with E-state index in [0.717, 1.165) is 28.9 Å². The Morgan fingerprint density at radius 1 is 1.08 bits per heavy atom. The average molecular weight is 357 g/mol. The number of nitrogens with zero attached hydrogens (tertiary/aromatic N) is 4. The molecule has 9 heteroatoms. The summed E-state index contributed by atoms with van der Waals surface area (Å²) in [4.78, 5) is 7.65. The summed E-state index contributed by atoms with van der Waals surface area (Å²) < 4.78 is 54.1. The standard InChI is InChI=1S/C15H9ClF4N4/c16-14-21-6-5-12(23-14)10-7-22-24(8-10)13(15(18,19)20)9-1-3-11(17)4-2-9/h1-8,13H. The molecule has 0 radical (unpaired) electrons. The topological polar surface area (TPSA) is 43.6 Å². The first-order valence-electron chi connectivity index (χ1n) is 6.70. The van der Waals surface area contributed by atoms with Crippen molar-refractivity contribution in [3.05, 3.63) is 65.6 Å². The summed E-state index contributed by atoms with van der Waals surface area (Å²) in [5.41, 5.74) is 0.580. The van der Waals surface area contributed by atoms with Crippen molar-refractivity contribution in [2.75, 3.05) is 0 Å². The van der Waals surface area contributed by atoms with E-state index in [1.807, 2.05) is 0 Å². The van der Waals surface area contributed by atoms with Gasteiger partial charge >= 0.3 is 6.18 Å². The zero-order valence-corrected chi connectivity index (χ0v) is 12.6. The molecule has 0 saturated carbocycles. The largest absolute Gasteiger partial charge is 0.415 e. The number of hydrogen-bond acceptors (Lipinski definition) is 3. The van der Waals surface area contributed by atoms with Crippen LogP contribution < -0.4 is 0 Å². The minimum absolute atomic E-state index is 0.0221. The van der Waals surface area contributed by atoms with Crippen LogP contribution in [0.15, 0.2) is 48.9 Å². The Labute approximate surface area is 138 Å². The predicted molar refractivity (Wildman–Crippen MR) is 78.9 cm³/mol. The molecule has 0 amide bonds. The van der Waals surface area contributed by atoms with Crippen molar-refractivity contribution < 1.29 is 17.6 Å². The van der Waals surface area contributed by atoms with Gasteiger partial charge in [-0.25, -0.2) is 14.4 Å². The molecule has 3 aromatic rings. The highest BCUT2D eigenvalue weighted by atomic mass is 35.5. The zero-order chi connectivity index (χ0) is 17.3. The van der Waals surface area contributed by atoms with Crippen molar-refractivity contribution in [2.45, 2.75) is 12.2 Å². The van der Waals surface area contributed by atoms with Crippen molar-refractivity contribution >= 4 is 11.6 Å². The average Bonchev–Trinajstić information content (AvgIpc) is 2.97. The van der Waals surface area contributed by atoms with Crippen molar-refractivity contribution in [3.63, 3.8) is 0 Å². The smallest absolute Gasteiger partial charge is 0.255 e. The monoisotopic (exact) mass is 356 g/mol. The lowest BCUT2D eigenvalue weighted by atomic mass is 10.1. The fourth-order valence-electron chi connectivity index (χ4n) is 2.24. The van der Waals surface area contributed by atoms with Crippen LogP contribution in [0, 0.1) is 5.82 Å². The van der Waals surface area contributed by atoms with Crippen molar-refractivity contribution in [3.8, 4) is 11.3 Å². The first kappa shape index (κ1) is 16.4. The highest BCUT2D eigenvalue weighted by molar-refractivity contribution is 6.28. The third-order valence-electron chi connectivity index (χ3n) is 3.28. The van der Waals surface area contributed by atoms with Gasteiger partial charge in [0.25, 0.3) is 0 Å². The molecule has 2 heterocycles. The van der Waals surface area contributed by atoms with Crippen LogP contribution in [0.1, 0.15) is 11.6 Å². The molecule has 0 aliphatic heterocycles. The zero-order valence-electron chi connectivity index (χ0n) is 11.9. The molecule has 0 aliphatic carbocycles. The van der Waals surface area contributed by atoms with E-state index in [4.69, 9.17) is 11.6 Å². The molecular weight excluding hydrogens is 348 g/mol. The van der Waals surface area contributed by atoms with Gasteiger partial charge in [0, 0.05) is 18.0 Å². The van der Waals surface area contributed by atoms with Gasteiger partial charge in [0.05, 0.1) is 11.9 Å². The Morgan fingerprint density at radius 3 is 2.42 bits per heavy atom. The second kappa shape index (κ2) is 6.20. The molecule has 0 saturated heterocycles. The van der Waals surface area contributed by atoms with E-state index < -0.39 is 18.0 Å². The van der Waals surface area contributed by atoms with E-state index in [1.165, 1.54) is 24.7 Å². The van der Waals surface area contributed by atoms with Crippen LogP contribution in [0.4, 0.5) is 17.6 Å². The SMILES string of the molecule is Fc1ccc(C(n2cc(-c3ccnc(Cl)n3)cn2)C(F)(F)F)cc1. The molecule has 24 heavy (non-hydrogen) atoms. The van der Waals surface area contributed by atoms with Gasteiger partial charge in [0.1, 0.15) is 5.82 Å². The predicted octanol–water partition coefficient (Wildman–Crippen LogP) is 4.28. The van der Waals surface area contributed by atoms with E-state index in [-0.39, 0.29) is 10.8 Å². The van der Waals surface area contributed by atoms with E-state index >= 15 is 0 Å². The van der Waals surface area contributed by atoms with Gasteiger partial charge in [-0.15, -0.1) is 0 Å². The van der Waals surface area contributed by atoms with Crippen LogP contribution in [0.5, 0.6) is 0 Å². The molecule has 0 N–H and O–H groups in total. The number of aromatic nitrogens is 4. The van der Waals surface area contributed by atoms with Gasteiger partial charge in [-0.1, -0.05) is 12.1 Å². The maximum atomic E-state index is 13.5. The number of alkyl halides is 3. The van der Waals surface area contributed by atoms with Gasteiger partial charge in [-0.3, -0.25) is 4.68 Å². The number of rotatable bonds is 3. The maximum Gasteiger partial charge on any atom is 0.415 e. The molecule has 1 atom stereocenters. The molecule has 0 aliphatic rings. The Morgan fingerprint density at radius 2 is 1.79 bits per heavy atom. The van der Waals surface area contributed by atoms with Crippen LogP contribution in [-0.4, -0.2) is 25.9 Å². The van der Waals surface area contributed by atoms with Gasteiger partial charge in [0.2, 0.25) is 5.28 Å². The van der Waals surface area contributed by atoms with E-state index in [1.54, 1.807) is 0 Å². The number of benzene rings is 1. The minimum Gasteiger partial charge on any atom is -0.255 e. The first-order chi connectivity index (χ1) is 11.3. The van der Waals surface area contributed by atoms with Crippen LogP contribution in [0.25, 0.3) is 11.3 Å². The fraction of sp³-hybridized carbons (Fsp3) is 0.133. The van der Waals surface area contributed by atoms with Crippen LogP contribution >= 0.6 is 11.6 Å². The lowest BCUT2D eigenvalue weighted by Gasteiger charge is -2.21. The molecule has 0 spiro atoms. The third kappa shape index (κ3) is 3.38. The molecule has 1 aromatic carbocycles. The first-order valence-corrected chi connectivity index (χ1v) is 7.07. The van der Waals surface area contributed by atoms with Crippen molar-refractivity contribution in [1.82, 2.24) is 19.7 Å². The van der Waals surface area contributed by atoms with Crippen molar-refractivity contribution in [2.24, 2.45) is 0 Å². The van der Waals surface area contributed by atoms with Crippen LogP contribution in [-0.2, 0) is 0 Å². The summed E-state index contributed by atoms with van der Waals surface area (Å²) in [7, 11) is 0. The Kier molecular flexibility index (Phi) is 4.23. The van der Waals surface area contributed by atoms with E-state index in [2.05, 4.69) is 15.1 Å². The molecule has 0 fully saturated rings. The lowest BCUT2D eigenvalue weighted by Crippen LogP contribution is -2.28. The second-order valence-corrected chi connectivity index (χ2v) is 5.25. The van der Waals surface area contributed by atoms with Crippen molar-refractivity contribution in [1.29, 1.82) is 0 Å². The Hall–Kier alpha value is -2.48. The molecule has 4 nitrogen and oxygen atoms in total. The molecule has 2 aromatic heterocycles. The van der Waals surface area contributed by atoms with Gasteiger partial charge in [-0.05, 0) is 35.4 Å². The summed E-state index contributed by atoms with van der Waals surface area (Å²) in [5.74, 6) is -0.614. The second-order valence-electron chi connectivity index (χ2n) is 4.92. The molecule has 3 rings (SSSR count). The summed E-state index contributed by atoms with van der Waals surface area (Å²) >= 11 is 5.68. The minimum atomic E-state index is -4.61. The summed E-state index contributed by atoms with van der Waals surface area (Å²) in [6.07, 6.45) is -0.755. The summed E-state index contributed by atoms with van der Waals surface area (Å²) in [6.45, 7) is 0. The Bertz CT molecular complexity index is 845. The fourth-order valence-corrected chi connectivity index (χ4v) is 2.39. The summed E-state index contributed by atoms with van der Waals surface area (Å²) in [5, 5.41) is 3.77. The lowest BCUT2D eigenvalue weighted by molar-refractivity contribution is -0.159. The normalized spacial score (nSPS) is 13.0. The maximum absolute atomic E-state index is 13.5. The third-order valence-corrected chi connectivity index (χ3v) is 3.47. The highest BCUT2D eigenvalue weighted by Gasteiger charge is 2.43. The van der Waals surface area contributed by atoms with Crippen LogP contribution in [0.2, 0.25) is 5.28 Å². The molecule has 1 unspecified atom stereocenters. The quantitative estimate of drug-likeness (QED) is 0.519. The Balaban J connectivity index is 2.02. The number of hydrogen-bond donors (Lipinski definition) is 0. The van der Waals surface area contributed by atoms with Gasteiger partial charge in [-0.2, -0.15) is 18.3 Å². The highest BCUT2D eigenvalue weighted by Crippen LogP contribution is 2.36. The summed E-state index contributed by atoms with van der Waals surface area (Å²) in [6, 6.07) is 3.58. The van der Waals surface area contributed by atoms with E-state index in [9.17, 15) is 17.6 Å². The van der Waals surface area contributed by atoms with Gasteiger partial charge in [0.15, 0.2) is 6.04 Å². The molecule has 0 bridgehead atoms. The van der Waals surface area contributed by atoms with Gasteiger partial charge < -0.3 is 0 Å².